The Hall–Kier alpha value is -0.730. The zero-order valence-electron chi connectivity index (χ0n) is 9.59. The summed E-state index contributed by atoms with van der Waals surface area (Å²) in [7, 11) is 0. The maximum atomic E-state index is 11.9. The first kappa shape index (κ1) is 12.7. The van der Waals surface area contributed by atoms with Crippen LogP contribution in [-0.2, 0) is 11.2 Å². The maximum Gasteiger partial charge on any atom is 0.222 e. The molecule has 0 N–H and O–H groups in total. The summed E-state index contributed by atoms with van der Waals surface area (Å²) in [6.45, 7) is 1.82. The molecule has 4 heteroatoms. The molecule has 0 atom stereocenters. The highest BCUT2D eigenvalue weighted by Gasteiger charge is 2.17. The van der Waals surface area contributed by atoms with Crippen LogP contribution >= 0.6 is 23.2 Å². The van der Waals surface area contributed by atoms with Gasteiger partial charge in [0.15, 0.2) is 0 Å². The lowest BCUT2D eigenvalue weighted by Crippen LogP contribution is -2.27. The fourth-order valence-electron chi connectivity index (χ4n) is 2.09. The van der Waals surface area contributed by atoms with Crippen molar-refractivity contribution in [3.05, 3.63) is 33.8 Å². The first-order chi connectivity index (χ1) is 8.16. The molecule has 0 unspecified atom stereocenters. The van der Waals surface area contributed by atoms with E-state index in [2.05, 4.69) is 0 Å². The maximum absolute atomic E-state index is 11.9. The molecule has 1 aliphatic heterocycles. The van der Waals surface area contributed by atoms with Gasteiger partial charge in [0, 0.05) is 29.6 Å². The van der Waals surface area contributed by atoms with Crippen LogP contribution in [0.5, 0.6) is 0 Å². The van der Waals surface area contributed by atoms with Crippen LogP contribution in [0, 0.1) is 0 Å². The summed E-state index contributed by atoms with van der Waals surface area (Å²) in [6.07, 6.45) is 3.48. The molecule has 0 aromatic heterocycles. The van der Waals surface area contributed by atoms with Crippen LogP contribution < -0.4 is 0 Å². The molecule has 1 aliphatic rings. The lowest BCUT2D eigenvalue weighted by Gasteiger charge is -2.15. The van der Waals surface area contributed by atoms with Crippen molar-refractivity contribution in [2.75, 3.05) is 13.1 Å². The Kier molecular flexibility index (Phi) is 4.30. The molecular weight excluding hydrogens is 257 g/mol. The smallest absolute Gasteiger partial charge is 0.222 e. The minimum Gasteiger partial charge on any atom is -0.343 e. The predicted molar refractivity (Wildman–Crippen MR) is 70.6 cm³/mol. The van der Waals surface area contributed by atoms with Crippen LogP contribution in [0.25, 0.3) is 0 Å². The number of likely N-dealkylation sites (tertiary alicyclic amines) is 1. The van der Waals surface area contributed by atoms with Crippen LogP contribution in [0.2, 0.25) is 10.0 Å². The molecular formula is C13H15Cl2NO. The zero-order valence-corrected chi connectivity index (χ0v) is 11.1. The van der Waals surface area contributed by atoms with Crippen molar-refractivity contribution in [3.63, 3.8) is 0 Å². The van der Waals surface area contributed by atoms with Crippen LogP contribution in [0.4, 0.5) is 0 Å². The van der Waals surface area contributed by atoms with Gasteiger partial charge in [-0.15, -0.1) is 0 Å². The highest BCUT2D eigenvalue weighted by Crippen LogP contribution is 2.22. The zero-order chi connectivity index (χ0) is 12.3. The Balaban J connectivity index is 1.90. The number of nitrogens with zero attached hydrogens (tertiary/aromatic N) is 1. The van der Waals surface area contributed by atoms with E-state index in [1.165, 1.54) is 0 Å². The summed E-state index contributed by atoms with van der Waals surface area (Å²) in [5.74, 6) is 0.230. The van der Waals surface area contributed by atoms with Crippen molar-refractivity contribution >= 4 is 29.1 Å². The monoisotopic (exact) mass is 271 g/mol. The van der Waals surface area contributed by atoms with E-state index in [-0.39, 0.29) is 5.91 Å². The lowest BCUT2D eigenvalue weighted by atomic mass is 10.1. The highest BCUT2D eigenvalue weighted by atomic mass is 35.5. The molecule has 0 saturated carbocycles. The molecule has 1 fully saturated rings. The Morgan fingerprint density at radius 1 is 1.24 bits per heavy atom. The second kappa shape index (κ2) is 5.74. The fraction of sp³-hybridized carbons (Fsp3) is 0.462. The van der Waals surface area contributed by atoms with Crippen molar-refractivity contribution < 1.29 is 4.79 Å². The summed E-state index contributed by atoms with van der Waals surface area (Å²) in [5.41, 5.74) is 0.989. The standard InChI is InChI=1S/C13H15Cl2NO/c14-11-5-3-10(12(15)9-11)4-6-13(17)16-7-1-2-8-16/h3,5,9H,1-2,4,6-8H2. The fourth-order valence-corrected chi connectivity index (χ4v) is 2.59. The molecule has 0 bridgehead atoms. The third-order valence-corrected chi connectivity index (χ3v) is 3.67. The number of amides is 1. The third-order valence-electron chi connectivity index (χ3n) is 3.08. The van der Waals surface area contributed by atoms with Gasteiger partial charge >= 0.3 is 0 Å². The number of halogens is 2. The van der Waals surface area contributed by atoms with Crippen molar-refractivity contribution in [3.8, 4) is 0 Å². The quantitative estimate of drug-likeness (QED) is 0.824. The van der Waals surface area contributed by atoms with Crippen molar-refractivity contribution in [2.45, 2.75) is 25.7 Å². The molecule has 0 spiro atoms. The number of carbonyl (C=O) groups excluding carboxylic acids is 1. The molecule has 2 nitrogen and oxygen atoms in total. The van der Waals surface area contributed by atoms with Gasteiger partial charge in [-0.2, -0.15) is 0 Å². The Morgan fingerprint density at radius 3 is 2.59 bits per heavy atom. The number of carbonyl (C=O) groups is 1. The molecule has 1 aromatic carbocycles. The van der Waals surface area contributed by atoms with Gasteiger partial charge in [0.1, 0.15) is 0 Å². The van der Waals surface area contributed by atoms with E-state index in [4.69, 9.17) is 23.2 Å². The van der Waals surface area contributed by atoms with E-state index >= 15 is 0 Å². The van der Waals surface area contributed by atoms with Crippen molar-refractivity contribution in [1.82, 2.24) is 4.90 Å². The van der Waals surface area contributed by atoms with Crippen LogP contribution in [0.3, 0.4) is 0 Å². The molecule has 1 saturated heterocycles. The SMILES string of the molecule is O=C(CCc1ccc(Cl)cc1Cl)N1CCCC1. The van der Waals surface area contributed by atoms with Crippen LogP contribution in [-0.4, -0.2) is 23.9 Å². The number of rotatable bonds is 3. The summed E-state index contributed by atoms with van der Waals surface area (Å²) in [4.78, 5) is 13.8. The average molecular weight is 272 g/mol. The van der Waals surface area contributed by atoms with Gasteiger partial charge in [0.2, 0.25) is 5.91 Å². The summed E-state index contributed by atoms with van der Waals surface area (Å²) < 4.78 is 0. The van der Waals surface area contributed by atoms with E-state index in [0.29, 0.717) is 22.9 Å². The first-order valence-electron chi connectivity index (χ1n) is 5.88. The van der Waals surface area contributed by atoms with E-state index in [9.17, 15) is 4.79 Å². The Bertz CT molecular complexity index is 414. The Morgan fingerprint density at radius 2 is 1.94 bits per heavy atom. The second-order valence-corrected chi connectivity index (χ2v) is 5.17. The molecule has 2 rings (SSSR count). The number of aryl methyl sites for hydroxylation is 1. The molecule has 0 aliphatic carbocycles. The number of hydrogen-bond donors (Lipinski definition) is 0. The van der Waals surface area contributed by atoms with Crippen molar-refractivity contribution in [1.29, 1.82) is 0 Å². The Labute approximate surface area is 112 Å². The van der Waals surface area contributed by atoms with Crippen LogP contribution in [0.1, 0.15) is 24.8 Å². The van der Waals surface area contributed by atoms with Gasteiger partial charge in [-0.1, -0.05) is 29.3 Å². The van der Waals surface area contributed by atoms with Gasteiger partial charge in [-0.25, -0.2) is 0 Å². The molecule has 0 radical (unpaired) electrons. The van der Waals surface area contributed by atoms with Gasteiger partial charge < -0.3 is 4.90 Å². The van der Waals surface area contributed by atoms with E-state index in [1.807, 2.05) is 17.0 Å². The molecule has 1 heterocycles. The second-order valence-electron chi connectivity index (χ2n) is 4.32. The summed E-state index contributed by atoms with van der Waals surface area (Å²) in [6, 6.07) is 5.42. The summed E-state index contributed by atoms with van der Waals surface area (Å²) >= 11 is 11.9. The van der Waals surface area contributed by atoms with Gasteiger partial charge in [-0.05, 0) is 37.0 Å². The minimum atomic E-state index is 0.230. The lowest BCUT2D eigenvalue weighted by molar-refractivity contribution is -0.130. The third kappa shape index (κ3) is 3.36. The van der Waals surface area contributed by atoms with E-state index in [1.54, 1.807) is 6.07 Å². The van der Waals surface area contributed by atoms with Crippen LogP contribution in [0.15, 0.2) is 18.2 Å². The predicted octanol–water partition coefficient (Wildman–Crippen LogP) is 3.55. The van der Waals surface area contributed by atoms with E-state index < -0.39 is 0 Å². The largest absolute Gasteiger partial charge is 0.343 e. The molecule has 1 amide bonds. The van der Waals surface area contributed by atoms with Crippen molar-refractivity contribution in [2.24, 2.45) is 0 Å². The molecule has 17 heavy (non-hydrogen) atoms. The van der Waals surface area contributed by atoms with E-state index in [0.717, 1.165) is 31.5 Å². The van der Waals surface area contributed by atoms with Gasteiger partial charge in [-0.3, -0.25) is 4.79 Å². The first-order valence-corrected chi connectivity index (χ1v) is 6.64. The molecule has 1 aromatic rings. The topological polar surface area (TPSA) is 20.3 Å². The highest BCUT2D eigenvalue weighted by molar-refractivity contribution is 6.35. The van der Waals surface area contributed by atoms with Gasteiger partial charge in [0.05, 0.1) is 0 Å². The minimum absolute atomic E-state index is 0.230. The van der Waals surface area contributed by atoms with Gasteiger partial charge in [0.25, 0.3) is 0 Å². The molecule has 92 valence electrons. The number of benzene rings is 1. The normalized spacial score (nSPS) is 15.3. The average Bonchev–Trinajstić information content (AvgIpc) is 2.81. The summed E-state index contributed by atoms with van der Waals surface area (Å²) in [5, 5.41) is 1.27. The number of hydrogen-bond acceptors (Lipinski definition) is 1.